The van der Waals surface area contributed by atoms with Crippen molar-refractivity contribution in [1.29, 1.82) is 0 Å². The molecule has 19 heavy (non-hydrogen) atoms. The summed E-state index contributed by atoms with van der Waals surface area (Å²) in [5, 5.41) is 19.5. The normalized spacial score (nSPS) is 11.1. The summed E-state index contributed by atoms with van der Waals surface area (Å²) >= 11 is 4.47. The summed E-state index contributed by atoms with van der Waals surface area (Å²) in [6.07, 6.45) is 0. The Labute approximate surface area is 115 Å². The van der Waals surface area contributed by atoms with Crippen LogP contribution in [0.1, 0.15) is 11.5 Å². The molecule has 0 atom stereocenters. The van der Waals surface area contributed by atoms with Crippen LogP contribution < -0.4 is 0 Å². The van der Waals surface area contributed by atoms with Crippen LogP contribution in [-0.4, -0.2) is 15.3 Å². The number of rotatable bonds is 1. The van der Waals surface area contributed by atoms with Crippen molar-refractivity contribution in [3.8, 4) is 17.2 Å². The van der Waals surface area contributed by atoms with E-state index in [1.165, 1.54) is 0 Å². The van der Waals surface area contributed by atoms with Gasteiger partial charge in [0.1, 0.15) is 5.75 Å². The van der Waals surface area contributed by atoms with Crippen LogP contribution in [-0.2, 0) is 0 Å². The lowest BCUT2D eigenvalue weighted by Crippen LogP contribution is -1.84. The second kappa shape index (κ2) is 4.28. The van der Waals surface area contributed by atoms with Gasteiger partial charge in [-0.1, -0.05) is 6.07 Å². The Morgan fingerprint density at radius 3 is 2.53 bits per heavy atom. The van der Waals surface area contributed by atoms with Gasteiger partial charge in [-0.2, -0.15) is 0 Å². The average Bonchev–Trinajstić information content (AvgIpc) is 2.77. The lowest BCUT2D eigenvalue weighted by molar-refractivity contribution is 0.481. The molecule has 96 valence electrons. The lowest BCUT2D eigenvalue weighted by atomic mass is 10.0. The first kappa shape index (κ1) is 12.0. The first-order chi connectivity index (χ1) is 9.04. The SMILES string of the molecule is Cc1cc(O)c2cc(-c3nnc(C)o3)cc(S)c2c1. The molecule has 0 bridgehead atoms. The summed E-state index contributed by atoms with van der Waals surface area (Å²) in [7, 11) is 0. The first-order valence-corrected chi connectivity index (χ1v) is 6.26. The molecule has 0 aliphatic rings. The van der Waals surface area contributed by atoms with E-state index in [1.54, 1.807) is 13.0 Å². The topological polar surface area (TPSA) is 59.2 Å². The maximum atomic E-state index is 10.1. The van der Waals surface area contributed by atoms with Crippen LogP contribution in [0.4, 0.5) is 0 Å². The molecular weight excluding hydrogens is 260 g/mol. The number of aromatic hydroxyl groups is 1. The highest BCUT2D eigenvalue weighted by Gasteiger charge is 2.11. The van der Waals surface area contributed by atoms with Gasteiger partial charge < -0.3 is 9.52 Å². The smallest absolute Gasteiger partial charge is 0.247 e. The van der Waals surface area contributed by atoms with Crippen LogP contribution in [0.2, 0.25) is 0 Å². The first-order valence-electron chi connectivity index (χ1n) is 5.81. The molecule has 0 amide bonds. The van der Waals surface area contributed by atoms with Gasteiger partial charge in [0.25, 0.3) is 0 Å². The number of phenols is 1. The molecule has 0 saturated carbocycles. The van der Waals surface area contributed by atoms with Gasteiger partial charge in [-0.15, -0.1) is 22.8 Å². The number of aromatic nitrogens is 2. The minimum Gasteiger partial charge on any atom is -0.507 e. The standard InChI is InChI=1S/C14H12N2O2S/c1-7-3-11-10(12(17)4-7)5-9(6-13(11)19)14-16-15-8(2)18-14/h3-6,17,19H,1-2H3. The van der Waals surface area contributed by atoms with E-state index in [1.807, 2.05) is 25.1 Å². The fourth-order valence-electron chi connectivity index (χ4n) is 2.10. The van der Waals surface area contributed by atoms with E-state index >= 15 is 0 Å². The zero-order chi connectivity index (χ0) is 13.6. The van der Waals surface area contributed by atoms with Crippen LogP contribution in [0.3, 0.4) is 0 Å². The quantitative estimate of drug-likeness (QED) is 0.666. The molecule has 0 spiro atoms. The number of benzene rings is 2. The maximum Gasteiger partial charge on any atom is 0.247 e. The Morgan fingerprint density at radius 2 is 1.84 bits per heavy atom. The summed E-state index contributed by atoms with van der Waals surface area (Å²) < 4.78 is 5.40. The van der Waals surface area contributed by atoms with Crippen molar-refractivity contribution in [2.24, 2.45) is 0 Å². The highest BCUT2D eigenvalue weighted by molar-refractivity contribution is 7.80. The van der Waals surface area contributed by atoms with Gasteiger partial charge in [0.05, 0.1) is 0 Å². The van der Waals surface area contributed by atoms with E-state index in [0.717, 1.165) is 26.8 Å². The van der Waals surface area contributed by atoms with E-state index in [4.69, 9.17) is 4.42 Å². The average molecular weight is 272 g/mol. The predicted octanol–water partition coefficient (Wildman–Crippen LogP) is 3.50. The van der Waals surface area contributed by atoms with Crippen molar-refractivity contribution >= 4 is 23.4 Å². The summed E-state index contributed by atoms with van der Waals surface area (Å²) in [5.41, 5.74) is 1.74. The molecular formula is C14H12N2O2S. The van der Waals surface area contributed by atoms with Gasteiger partial charge >= 0.3 is 0 Å². The van der Waals surface area contributed by atoms with Gasteiger partial charge in [0.2, 0.25) is 11.8 Å². The fourth-order valence-corrected chi connectivity index (χ4v) is 2.43. The van der Waals surface area contributed by atoms with Gasteiger partial charge in [-0.25, -0.2) is 0 Å². The molecule has 2 aromatic carbocycles. The zero-order valence-electron chi connectivity index (χ0n) is 10.5. The number of hydrogen-bond donors (Lipinski definition) is 2. The van der Waals surface area contributed by atoms with Crippen LogP contribution in [0.5, 0.6) is 5.75 Å². The van der Waals surface area contributed by atoms with Crippen LogP contribution in [0.25, 0.3) is 22.2 Å². The third kappa shape index (κ3) is 2.06. The second-order valence-electron chi connectivity index (χ2n) is 4.50. The van der Waals surface area contributed by atoms with Crippen molar-refractivity contribution in [2.75, 3.05) is 0 Å². The molecule has 0 aliphatic carbocycles. The Kier molecular flexibility index (Phi) is 2.71. The molecule has 1 N–H and O–H groups in total. The van der Waals surface area contributed by atoms with Crippen molar-refractivity contribution in [3.63, 3.8) is 0 Å². The number of thiol groups is 1. The number of aryl methyl sites for hydroxylation is 2. The largest absolute Gasteiger partial charge is 0.507 e. The van der Waals surface area contributed by atoms with Crippen molar-refractivity contribution in [3.05, 3.63) is 35.7 Å². The molecule has 1 heterocycles. The van der Waals surface area contributed by atoms with Crippen molar-refractivity contribution in [2.45, 2.75) is 18.7 Å². The van der Waals surface area contributed by atoms with E-state index in [0.29, 0.717) is 11.8 Å². The number of nitrogens with zero attached hydrogens (tertiary/aromatic N) is 2. The van der Waals surface area contributed by atoms with E-state index in [9.17, 15) is 5.11 Å². The third-order valence-corrected chi connectivity index (χ3v) is 3.31. The van der Waals surface area contributed by atoms with Gasteiger partial charge in [0, 0.05) is 22.8 Å². The van der Waals surface area contributed by atoms with Crippen LogP contribution >= 0.6 is 12.6 Å². The number of phenolic OH excluding ortho intramolecular Hbond substituents is 1. The Hall–Kier alpha value is -2.01. The summed E-state index contributed by atoms with van der Waals surface area (Å²) in [6.45, 7) is 3.67. The molecule has 4 nitrogen and oxygen atoms in total. The van der Waals surface area contributed by atoms with Crippen molar-refractivity contribution < 1.29 is 9.52 Å². The third-order valence-electron chi connectivity index (χ3n) is 2.94. The van der Waals surface area contributed by atoms with E-state index < -0.39 is 0 Å². The summed E-state index contributed by atoms with van der Waals surface area (Å²) in [5.74, 6) is 1.15. The fraction of sp³-hybridized carbons (Fsp3) is 0.143. The Morgan fingerprint density at radius 1 is 1.05 bits per heavy atom. The Bertz CT molecular complexity index is 780. The maximum absolute atomic E-state index is 10.1. The number of hydrogen-bond acceptors (Lipinski definition) is 5. The molecule has 1 aromatic heterocycles. The molecule has 0 unspecified atom stereocenters. The minimum absolute atomic E-state index is 0.225. The molecule has 0 fully saturated rings. The highest BCUT2D eigenvalue weighted by atomic mass is 32.1. The number of fused-ring (bicyclic) bond motifs is 1. The van der Waals surface area contributed by atoms with Crippen LogP contribution in [0, 0.1) is 13.8 Å². The highest BCUT2D eigenvalue weighted by Crippen LogP contribution is 2.34. The minimum atomic E-state index is 0.225. The molecule has 3 aromatic rings. The van der Waals surface area contributed by atoms with Gasteiger partial charge in [0.15, 0.2) is 0 Å². The van der Waals surface area contributed by atoms with E-state index in [-0.39, 0.29) is 5.75 Å². The van der Waals surface area contributed by atoms with E-state index in [2.05, 4.69) is 22.8 Å². The van der Waals surface area contributed by atoms with Gasteiger partial charge in [-0.05, 0) is 36.1 Å². The molecule has 0 aliphatic heterocycles. The molecule has 0 saturated heterocycles. The molecule has 0 radical (unpaired) electrons. The summed E-state index contributed by atoms with van der Waals surface area (Å²) in [4.78, 5) is 0.766. The molecule has 3 rings (SSSR count). The predicted molar refractivity (Wildman–Crippen MR) is 75.6 cm³/mol. The lowest BCUT2D eigenvalue weighted by Gasteiger charge is -2.07. The zero-order valence-corrected chi connectivity index (χ0v) is 11.4. The van der Waals surface area contributed by atoms with Crippen LogP contribution in [0.15, 0.2) is 33.6 Å². The monoisotopic (exact) mass is 272 g/mol. The van der Waals surface area contributed by atoms with Gasteiger partial charge in [-0.3, -0.25) is 0 Å². The second-order valence-corrected chi connectivity index (χ2v) is 4.98. The van der Waals surface area contributed by atoms with Crippen molar-refractivity contribution in [1.82, 2.24) is 10.2 Å². The summed E-state index contributed by atoms with van der Waals surface area (Å²) in [6, 6.07) is 7.40. The molecule has 5 heteroatoms. The Balaban J connectivity index is 2.30.